The summed E-state index contributed by atoms with van der Waals surface area (Å²) in [7, 11) is 3.40. The van der Waals surface area contributed by atoms with Crippen molar-refractivity contribution >= 4 is 34.2 Å². The molecule has 0 bridgehead atoms. The third-order valence-corrected chi connectivity index (χ3v) is 7.90. The fourth-order valence-electron chi connectivity index (χ4n) is 4.84. The average Bonchev–Trinajstić information content (AvgIpc) is 2.91. The first-order valence-corrected chi connectivity index (χ1v) is 13.4. The molecule has 0 N–H and O–H groups in total. The van der Waals surface area contributed by atoms with Crippen LogP contribution < -0.4 is 9.64 Å². The number of rotatable bonds is 5. The van der Waals surface area contributed by atoms with Crippen molar-refractivity contribution in [3.63, 3.8) is 0 Å². The number of aryl methyl sites for hydroxylation is 1. The lowest BCUT2D eigenvalue weighted by molar-refractivity contribution is 0.234. The molecular formula is C30H32N4O2S. The molecule has 2 aliphatic heterocycles. The first-order chi connectivity index (χ1) is 17.9. The summed E-state index contributed by atoms with van der Waals surface area (Å²) in [6, 6.07) is 25.0. The van der Waals surface area contributed by atoms with E-state index in [0.29, 0.717) is 6.54 Å². The number of benzene rings is 3. The van der Waals surface area contributed by atoms with Gasteiger partial charge in [-0.05, 0) is 79.8 Å². The SMILES string of the molecule is COc1ccc(/C(=N/Cc2ccccc2)N2CCCc3cc(C4=NN(C)C(=O)SC4(C)C)ccc32)cc1. The first kappa shape index (κ1) is 25.1. The Morgan fingerprint density at radius 1 is 1.08 bits per heavy atom. The Balaban J connectivity index is 1.54. The van der Waals surface area contributed by atoms with Crippen LogP contribution in [0.2, 0.25) is 0 Å². The maximum absolute atomic E-state index is 12.2. The van der Waals surface area contributed by atoms with Crippen LogP contribution in [0.4, 0.5) is 10.5 Å². The lowest BCUT2D eigenvalue weighted by atomic mass is 9.93. The van der Waals surface area contributed by atoms with E-state index in [0.717, 1.165) is 47.8 Å². The van der Waals surface area contributed by atoms with Crippen molar-refractivity contribution in [3.8, 4) is 5.75 Å². The Kier molecular flexibility index (Phi) is 7.07. The molecule has 0 fully saturated rings. The quantitative estimate of drug-likeness (QED) is 0.294. The summed E-state index contributed by atoms with van der Waals surface area (Å²) in [5.41, 5.74) is 6.66. The van der Waals surface area contributed by atoms with Gasteiger partial charge in [0.1, 0.15) is 11.6 Å². The highest BCUT2D eigenvalue weighted by molar-refractivity contribution is 8.15. The number of amidine groups is 1. The monoisotopic (exact) mass is 512 g/mol. The fraction of sp³-hybridized carbons (Fsp3) is 0.300. The molecule has 3 aromatic rings. The molecule has 5 rings (SSSR count). The largest absolute Gasteiger partial charge is 0.497 e. The molecule has 0 atom stereocenters. The van der Waals surface area contributed by atoms with Gasteiger partial charge in [0.2, 0.25) is 0 Å². The van der Waals surface area contributed by atoms with Gasteiger partial charge in [0.15, 0.2) is 0 Å². The summed E-state index contributed by atoms with van der Waals surface area (Å²) in [6.45, 7) is 5.62. The zero-order chi connectivity index (χ0) is 26.0. The van der Waals surface area contributed by atoms with Crippen molar-refractivity contribution in [2.75, 3.05) is 25.6 Å². The highest BCUT2D eigenvalue weighted by Crippen LogP contribution is 2.37. The molecule has 6 nitrogen and oxygen atoms in total. The van der Waals surface area contributed by atoms with Gasteiger partial charge in [-0.15, -0.1) is 0 Å². The van der Waals surface area contributed by atoms with Crippen molar-refractivity contribution in [2.24, 2.45) is 10.1 Å². The number of fused-ring (bicyclic) bond motifs is 1. The van der Waals surface area contributed by atoms with Crippen LogP contribution in [0.25, 0.3) is 0 Å². The number of hydrazone groups is 1. The van der Waals surface area contributed by atoms with Crippen molar-refractivity contribution in [1.82, 2.24) is 5.01 Å². The van der Waals surface area contributed by atoms with Crippen LogP contribution in [0.15, 0.2) is 82.9 Å². The molecule has 0 aliphatic carbocycles. The van der Waals surface area contributed by atoms with Crippen LogP contribution >= 0.6 is 11.8 Å². The number of hydrogen-bond donors (Lipinski definition) is 0. The van der Waals surface area contributed by atoms with Gasteiger partial charge in [-0.1, -0.05) is 48.2 Å². The minimum Gasteiger partial charge on any atom is -0.497 e. The standard InChI is InChI=1S/C30H32N4O2S/c1-30(2)27(32-33(3)29(35)37-30)24-14-17-26-23(19-24)11-8-18-34(26)28(22-12-15-25(36-4)16-13-22)31-20-21-9-6-5-7-10-21/h5-7,9-10,12-17,19H,8,11,18,20H2,1-4H3/b31-28-. The van der Waals surface area contributed by atoms with Crippen LogP contribution in [-0.2, 0) is 13.0 Å². The molecule has 0 unspecified atom stereocenters. The van der Waals surface area contributed by atoms with Gasteiger partial charge in [0.05, 0.1) is 24.1 Å². The smallest absolute Gasteiger partial charge is 0.302 e. The van der Waals surface area contributed by atoms with Gasteiger partial charge in [0.25, 0.3) is 0 Å². The maximum Gasteiger partial charge on any atom is 0.302 e. The Labute approximate surface area is 223 Å². The van der Waals surface area contributed by atoms with Crippen LogP contribution in [0.5, 0.6) is 5.75 Å². The van der Waals surface area contributed by atoms with E-state index >= 15 is 0 Å². The number of ether oxygens (including phenoxy) is 1. The van der Waals surface area contributed by atoms with Crippen LogP contribution in [0.3, 0.4) is 0 Å². The van der Waals surface area contributed by atoms with Gasteiger partial charge < -0.3 is 9.64 Å². The van der Waals surface area contributed by atoms with E-state index in [4.69, 9.17) is 9.73 Å². The lowest BCUT2D eigenvalue weighted by Crippen LogP contribution is -2.40. The number of carbonyl (C=O) groups excluding carboxylic acids is 1. The molecule has 37 heavy (non-hydrogen) atoms. The molecule has 2 aliphatic rings. The van der Waals surface area contributed by atoms with Crippen molar-refractivity contribution in [1.29, 1.82) is 0 Å². The van der Waals surface area contributed by atoms with E-state index in [1.54, 1.807) is 14.2 Å². The number of carbonyl (C=O) groups is 1. The number of anilines is 1. The molecule has 1 amide bonds. The van der Waals surface area contributed by atoms with E-state index in [2.05, 4.69) is 66.3 Å². The molecule has 2 heterocycles. The number of methoxy groups -OCH3 is 1. The summed E-state index contributed by atoms with van der Waals surface area (Å²) in [5.74, 6) is 1.78. The molecular weight excluding hydrogens is 480 g/mol. The van der Waals surface area contributed by atoms with E-state index in [1.165, 1.54) is 33.6 Å². The normalized spacial score (nSPS) is 17.4. The molecule has 190 valence electrons. The number of amides is 1. The lowest BCUT2D eigenvalue weighted by Gasteiger charge is -2.35. The molecule has 0 saturated heterocycles. The van der Waals surface area contributed by atoms with E-state index in [9.17, 15) is 4.79 Å². The van der Waals surface area contributed by atoms with E-state index < -0.39 is 4.75 Å². The number of hydrogen-bond acceptors (Lipinski definition) is 5. The summed E-state index contributed by atoms with van der Waals surface area (Å²) < 4.78 is 5.00. The second-order valence-electron chi connectivity index (χ2n) is 9.80. The molecule has 0 aromatic heterocycles. The predicted molar refractivity (Wildman–Crippen MR) is 153 cm³/mol. The third-order valence-electron chi connectivity index (χ3n) is 6.76. The Morgan fingerprint density at radius 3 is 2.57 bits per heavy atom. The summed E-state index contributed by atoms with van der Waals surface area (Å²) >= 11 is 1.32. The molecule has 7 heteroatoms. The number of thioether (sulfide) groups is 1. The van der Waals surface area contributed by atoms with Crippen molar-refractivity contribution < 1.29 is 9.53 Å². The molecule has 0 saturated carbocycles. The van der Waals surface area contributed by atoms with Gasteiger partial charge in [-0.25, -0.2) is 5.01 Å². The second kappa shape index (κ2) is 10.4. The topological polar surface area (TPSA) is 57.5 Å². The van der Waals surface area contributed by atoms with Crippen LogP contribution in [0.1, 0.15) is 42.5 Å². The summed E-state index contributed by atoms with van der Waals surface area (Å²) in [4.78, 5) is 19.7. The Bertz CT molecular complexity index is 1350. The summed E-state index contributed by atoms with van der Waals surface area (Å²) in [5, 5.41) is 6.06. The fourth-order valence-corrected chi connectivity index (χ4v) is 5.70. The summed E-state index contributed by atoms with van der Waals surface area (Å²) in [6.07, 6.45) is 2.02. The van der Waals surface area contributed by atoms with Gasteiger partial charge in [-0.2, -0.15) is 5.10 Å². The highest BCUT2D eigenvalue weighted by Gasteiger charge is 2.37. The maximum atomic E-state index is 12.2. The van der Waals surface area contributed by atoms with E-state index in [1.807, 2.05) is 30.3 Å². The minimum absolute atomic E-state index is 0.0309. The molecule has 0 radical (unpaired) electrons. The average molecular weight is 513 g/mol. The Hall–Kier alpha value is -3.58. The zero-order valence-corrected chi connectivity index (χ0v) is 22.6. The number of nitrogens with zero attached hydrogens (tertiary/aromatic N) is 4. The highest BCUT2D eigenvalue weighted by atomic mass is 32.2. The molecule has 3 aromatic carbocycles. The molecule has 0 spiro atoms. The van der Waals surface area contributed by atoms with Crippen molar-refractivity contribution in [2.45, 2.75) is 38.0 Å². The van der Waals surface area contributed by atoms with Gasteiger partial charge >= 0.3 is 5.24 Å². The first-order valence-electron chi connectivity index (χ1n) is 12.5. The number of aliphatic imine (C=N–C) groups is 1. The zero-order valence-electron chi connectivity index (χ0n) is 21.8. The van der Waals surface area contributed by atoms with Gasteiger partial charge in [-0.3, -0.25) is 9.79 Å². The second-order valence-corrected chi connectivity index (χ2v) is 11.4. The van der Waals surface area contributed by atoms with Gasteiger partial charge in [0, 0.05) is 24.8 Å². The van der Waals surface area contributed by atoms with Crippen molar-refractivity contribution in [3.05, 3.63) is 95.1 Å². The third kappa shape index (κ3) is 5.27. The Morgan fingerprint density at radius 2 is 1.84 bits per heavy atom. The van der Waals surface area contributed by atoms with Crippen LogP contribution in [0, 0.1) is 0 Å². The van der Waals surface area contributed by atoms with Crippen LogP contribution in [-0.4, -0.2) is 47.2 Å². The van der Waals surface area contributed by atoms with E-state index in [-0.39, 0.29) is 5.24 Å². The predicted octanol–water partition coefficient (Wildman–Crippen LogP) is 6.38. The minimum atomic E-state index is -0.391.